The monoisotopic (exact) mass is 276 g/mol. The van der Waals surface area contributed by atoms with Crippen molar-refractivity contribution in [3.05, 3.63) is 35.4 Å². The maximum Gasteiger partial charge on any atom is 0.308 e. The number of nitrogens with zero attached hydrogens (tertiary/aromatic N) is 1. The van der Waals surface area contributed by atoms with E-state index in [0.717, 1.165) is 38.0 Å². The van der Waals surface area contributed by atoms with Gasteiger partial charge in [0.15, 0.2) is 0 Å². The van der Waals surface area contributed by atoms with Crippen molar-refractivity contribution in [3.63, 3.8) is 0 Å². The van der Waals surface area contributed by atoms with Gasteiger partial charge in [0.2, 0.25) is 5.91 Å². The van der Waals surface area contributed by atoms with Gasteiger partial charge in [0, 0.05) is 12.1 Å². The van der Waals surface area contributed by atoms with Gasteiger partial charge in [-0.3, -0.25) is 14.5 Å². The third kappa shape index (κ3) is 3.57. The van der Waals surface area contributed by atoms with Gasteiger partial charge in [-0.2, -0.15) is 0 Å². The van der Waals surface area contributed by atoms with Crippen LogP contribution in [0.5, 0.6) is 0 Å². The fourth-order valence-electron chi connectivity index (χ4n) is 2.53. The van der Waals surface area contributed by atoms with Crippen LogP contribution in [0.3, 0.4) is 0 Å². The number of nitrogens with two attached hydrogens (primary N) is 1. The summed E-state index contributed by atoms with van der Waals surface area (Å²) >= 11 is 0. The quantitative estimate of drug-likeness (QED) is 0.838. The SMILES string of the molecule is COC(=O)C1CCN(Cc2ccc(C(N)=O)cc2)CC1. The first-order chi connectivity index (χ1) is 9.60. The molecular weight excluding hydrogens is 256 g/mol. The Morgan fingerprint density at radius 2 is 1.85 bits per heavy atom. The minimum atomic E-state index is -0.407. The number of hydrogen-bond donors (Lipinski definition) is 1. The Hall–Kier alpha value is -1.88. The molecule has 1 amide bonds. The number of amides is 1. The first-order valence-electron chi connectivity index (χ1n) is 6.79. The molecule has 20 heavy (non-hydrogen) atoms. The Balaban J connectivity index is 1.86. The number of piperidine rings is 1. The minimum Gasteiger partial charge on any atom is -0.469 e. The van der Waals surface area contributed by atoms with Gasteiger partial charge in [-0.15, -0.1) is 0 Å². The summed E-state index contributed by atoms with van der Waals surface area (Å²) in [5.41, 5.74) is 6.88. The second-order valence-electron chi connectivity index (χ2n) is 5.13. The van der Waals surface area contributed by atoms with Gasteiger partial charge in [0.1, 0.15) is 0 Å². The van der Waals surface area contributed by atoms with E-state index >= 15 is 0 Å². The van der Waals surface area contributed by atoms with Crippen LogP contribution in [0.1, 0.15) is 28.8 Å². The van der Waals surface area contributed by atoms with Crippen molar-refractivity contribution in [2.24, 2.45) is 11.7 Å². The van der Waals surface area contributed by atoms with E-state index in [1.807, 2.05) is 12.1 Å². The van der Waals surface area contributed by atoms with Crippen LogP contribution in [-0.4, -0.2) is 37.0 Å². The van der Waals surface area contributed by atoms with Crippen molar-refractivity contribution in [2.75, 3.05) is 20.2 Å². The molecule has 1 aliphatic rings. The molecule has 5 heteroatoms. The summed E-state index contributed by atoms with van der Waals surface area (Å²) in [4.78, 5) is 24.8. The number of methoxy groups -OCH3 is 1. The van der Waals surface area contributed by atoms with Gasteiger partial charge in [-0.25, -0.2) is 0 Å². The van der Waals surface area contributed by atoms with E-state index < -0.39 is 5.91 Å². The molecule has 0 aliphatic carbocycles. The highest BCUT2D eigenvalue weighted by Gasteiger charge is 2.25. The van der Waals surface area contributed by atoms with Gasteiger partial charge >= 0.3 is 5.97 Å². The third-order valence-electron chi connectivity index (χ3n) is 3.77. The molecule has 0 aromatic heterocycles. The van der Waals surface area contributed by atoms with E-state index in [0.29, 0.717) is 5.56 Å². The number of esters is 1. The zero-order valence-corrected chi connectivity index (χ0v) is 11.7. The molecule has 1 heterocycles. The lowest BCUT2D eigenvalue weighted by molar-refractivity contribution is -0.147. The third-order valence-corrected chi connectivity index (χ3v) is 3.77. The zero-order valence-electron chi connectivity index (χ0n) is 11.7. The van der Waals surface area contributed by atoms with E-state index in [-0.39, 0.29) is 11.9 Å². The highest BCUT2D eigenvalue weighted by atomic mass is 16.5. The van der Waals surface area contributed by atoms with Crippen LogP contribution < -0.4 is 5.73 Å². The molecule has 0 saturated carbocycles. The van der Waals surface area contributed by atoms with Gasteiger partial charge in [-0.1, -0.05) is 12.1 Å². The van der Waals surface area contributed by atoms with Crippen molar-refractivity contribution < 1.29 is 14.3 Å². The van der Waals surface area contributed by atoms with Crippen LogP contribution in [0.2, 0.25) is 0 Å². The van der Waals surface area contributed by atoms with Crippen LogP contribution in [0.4, 0.5) is 0 Å². The molecule has 2 rings (SSSR count). The first-order valence-corrected chi connectivity index (χ1v) is 6.79. The van der Waals surface area contributed by atoms with E-state index in [1.165, 1.54) is 7.11 Å². The van der Waals surface area contributed by atoms with Gasteiger partial charge < -0.3 is 10.5 Å². The summed E-state index contributed by atoms with van der Waals surface area (Å²) < 4.78 is 4.78. The molecule has 1 aromatic rings. The Bertz CT molecular complexity index is 476. The molecule has 1 saturated heterocycles. The lowest BCUT2D eigenvalue weighted by Crippen LogP contribution is -2.36. The fraction of sp³-hybridized carbons (Fsp3) is 0.467. The molecule has 5 nitrogen and oxygen atoms in total. The van der Waals surface area contributed by atoms with Gasteiger partial charge in [0.05, 0.1) is 13.0 Å². The van der Waals surface area contributed by atoms with Crippen LogP contribution in [-0.2, 0) is 16.1 Å². The number of hydrogen-bond acceptors (Lipinski definition) is 4. The van der Waals surface area contributed by atoms with Crippen molar-refractivity contribution in [1.82, 2.24) is 4.90 Å². The number of rotatable bonds is 4. The highest BCUT2D eigenvalue weighted by Crippen LogP contribution is 2.20. The Morgan fingerprint density at radius 3 is 2.35 bits per heavy atom. The number of likely N-dealkylation sites (tertiary alicyclic amines) is 1. The Morgan fingerprint density at radius 1 is 1.25 bits per heavy atom. The average Bonchev–Trinajstić information content (AvgIpc) is 2.48. The summed E-state index contributed by atoms with van der Waals surface area (Å²) in [6.07, 6.45) is 1.68. The number of carbonyl (C=O) groups is 2. The predicted octanol–water partition coefficient (Wildman–Crippen LogP) is 1.17. The van der Waals surface area contributed by atoms with Crippen molar-refractivity contribution in [2.45, 2.75) is 19.4 Å². The lowest BCUT2D eigenvalue weighted by Gasteiger charge is -2.30. The number of ether oxygens (including phenoxy) is 1. The summed E-state index contributed by atoms with van der Waals surface area (Å²) in [5.74, 6) is -0.473. The van der Waals surface area contributed by atoms with Crippen LogP contribution >= 0.6 is 0 Å². The lowest BCUT2D eigenvalue weighted by atomic mass is 9.96. The molecule has 0 bridgehead atoms. The minimum absolute atomic E-state index is 0.0356. The topological polar surface area (TPSA) is 72.6 Å². The summed E-state index contributed by atoms with van der Waals surface area (Å²) in [5, 5.41) is 0. The van der Waals surface area contributed by atoms with E-state index in [2.05, 4.69) is 4.90 Å². The fourth-order valence-corrected chi connectivity index (χ4v) is 2.53. The normalized spacial score (nSPS) is 16.9. The van der Waals surface area contributed by atoms with Crippen molar-refractivity contribution in [1.29, 1.82) is 0 Å². The van der Waals surface area contributed by atoms with Gasteiger partial charge in [0.25, 0.3) is 0 Å². The second kappa shape index (κ2) is 6.52. The van der Waals surface area contributed by atoms with Crippen LogP contribution in [0.25, 0.3) is 0 Å². The first kappa shape index (κ1) is 14.5. The summed E-state index contributed by atoms with van der Waals surface area (Å²) in [6, 6.07) is 7.34. The highest BCUT2D eigenvalue weighted by molar-refractivity contribution is 5.92. The van der Waals surface area contributed by atoms with Crippen LogP contribution in [0.15, 0.2) is 24.3 Å². The Kier molecular flexibility index (Phi) is 4.74. The molecule has 1 aromatic carbocycles. The van der Waals surface area contributed by atoms with Gasteiger partial charge in [-0.05, 0) is 43.6 Å². The van der Waals surface area contributed by atoms with Crippen LogP contribution in [0, 0.1) is 5.92 Å². The molecular formula is C15H20N2O3. The number of benzene rings is 1. The second-order valence-corrected chi connectivity index (χ2v) is 5.13. The maximum absolute atomic E-state index is 11.4. The summed E-state index contributed by atoms with van der Waals surface area (Å²) in [6.45, 7) is 2.60. The predicted molar refractivity (Wildman–Crippen MR) is 75.0 cm³/mol. The van der Waals surface area contributed by atoms with Crippen molar-refractivity contribution in [3.8, 4) is 0 Å². The largest absolute Gasteiger partial charge is 0.469 e. The average molecular weight is 276 g/mol. The van der Waals surface area contributed by atoms with E-state index in [4.69, 9.17) is 10.5 Å². The maximum atomic E-state index is 11.4. The summed E-state index contributed by atoms with van der Waals surface area (Å²) in [7, 11) is 1.44. The standard InChI is InChI=1S/C15H20N2O3/c1-20-15(19)13-6-8-17(9-7-13)10-11-2-4-12(5-3-11)14(16)18/h2-5,13H,6-10H2,1H3,(H2,16,18). The molecule has 108 valence electrons. The molecule has 0 spiro atoms. The molecule has 1 fully saturated rings. The molecule has 0 atom stereocenters. The zero-order chi connectivity index (χ0) is 14.5. The molecule has 1 aliphatic heterocycles. The Labute approximate surface area is 118 Å². The molecule has 2 N–H and O–H groups in total. The van der Waals surface area contributed by atoms with E-state index in [9.17, 15) is 9.59 Å². The number of primary amides is 1. The van der Waals surface area contributed by atoms with E-state index in [1.54, 1.807) is 12.1 Å². The molecule has 0 unspecified atom stereocenters. The smallest absolute Gasteiger partial charge is 0.308 e. The number of carbonyl (C=O) groups excluding carboxylic acids is 2. The van der Waals surface area contributed by atoms with Crippen molar-refractivity contribution >= 4 is 11.9 Å². The molecule has 0 radical (unpaired) electrons.